The summed E-state index contributed by atoms with van der Waals surface area (Å²) in [6.07, 6.45) is 2.02. The van der Waals surface area contributed by atoms with Crippen LogP contribution >= 0.6 is 15.9 Å². The fourth-order valence-corrected chi connectivity index (χ4v) is 3.49. The molecule has 3 N–H and O–H groups in total. The van der Waals surface area contributed by atoms with Crippen molar-refractivity contribution in [1.29, 1.82) is 0 Å². The summed E-state index contributed by atoms with van der Waals surface area (Å²) in [6.45, 7) is 4.90. The second-order valence-corrected chi connectivity index (χ2v) is 7.43. The molecular formula is C20H24BrN4O2+. The molecule has 1 saturated heterocycles. The van der Waals surface area contributed by atoms with Crippen molar-refractivity contribution in [1.82, 2.24) is 5.43 Å². The average molecular weight is 432 g/mol. The molecule has 0 aromatic heterocycles. The summed E-state index contributed by atoms with van der Waals surface area (Å²) in [5, 5.41) is 13.4. The number of halogens is 1. The monoisotopic (exact) mass is 431 g/mol. The molecule has 1 amide bonds. The van der Waals surface area contributed by atoms with E-state index in [0.29, 0.717) is 10.9 Å². The van der Waals surface area contributed by atoms with Crippen LogP contribution in [0.3, 0.4) is 0 Å². The standard InChI is InChI=1S/C20H23BrN4O2/c21-18-14-16(6-7-19(18)26)15-22-23-20(27)8-9-24-10-12-25(13-11-24)17-4-2-1-3-5-17/h1-7,14-15,26H,8-13H2,(H,23,27)/p+1/b22-15+. The van der Waals surface area contributed by atoms with Gasteiger partial charge >= 0.3 is 0 Å². The fourth-order valence-electron chi connectivity index (χ4n) is 3.10. The van der Waals surface area contributed by atoms with Gasteiger partial charge in [-0.1, -0.05) is 18.2 Å². The smallest absolute Gasteiger partial charge is 0.245 e. The Balaban J connectivity index is 1.37. The van der Waals surface area contributed by atoms with Gasteiger partial charge in [0.15, 0.2) is 0 Å². The normalized spacial score (nSPS) is 15.2. The molecular weight excluding hydrogens is 408 g/mol. The molecule has 142 valence electrons. The molecule has 0 aliphatic carbocycles. The van der Waals surface area contributed by atoms with Crippen LogP contribution in [0.4, 0.5) is 5.69 Å². The van der Waals surface area contributed by atoms with Crippen LogP contribution in [0.15, 0.2) is 58.1 Å². The summed E-state index contributed by atoms with van der Waals surface area (Å²) >= 11 is 3.25. The number of carbonyl (C=O) groups excluding carboxylic acids is 1. The van der Waals surface area contributed by atoms with Crippen LogP contribution in [0.1, 0.15) is 12.0 Å². The van der Waals surface area contributed by atoms with Gasteiger partial charge in [0.05, 0.1) is 49.8 Å². The number of amides is 1. The number of hydrogen-bond acceptors (Lipinski definition) is 4. The SMILES string of the molecule is O=C(CC[NH+]1CCN(c2ccccc2)CC1)N/N=C/c1ccc(O)c(Br)c1. The summed E-state index contributed by atoms with van der Waals surface area (Å²) < 4.78 is 0.594. The number of anilines is 1. The van der Waals surface area contributed by atoms with Crippen LogP contribution in [0, 0.1) is 0 Å². The van der Waals surface area contributed by atoms with Gasteiger partial charge in [0, 0.05) is 5.69 Å². The third kappa shape index (κ3) is 5.80. The van der Waals surface area contributed by atoms with E-state index in [2.05, 4.69) is 55.6 Å². The lowest BCUT2D eigenvalue weighted by molar-refractivity contribution is -0.900. The molecule has 7 heteroatoms. The zero-order chi connectivity index (χ0) is 19.1. The molecule has 0 atom stereocenters. The molecule has 1 aliphatic rings. The van der Waals surface area contributed by atoms with E-state index in [0.717, 1.165) is 38.3 Å². The summed E-state index contributed by atoms with van der Waals surface area (Å²) in [7, 11) is 0. The Morgan fingerprint density at radius 2 is 1.96 bits per heavy atom. The second kappa shape index (κ2) is 9.53. The van der Waals surface area contributed by atoms with Gasteiger partial charge in [-0.3, -0.25) is 4.79 Å². The summed E-state index contributed by atoms with van der Waals surface area (Å²) in [5.41, 5.74) is 4.63. The van der Waals surface area contributed by atoms with Crippen molar-refractivity contribution in [3.63, 3.8) is 0 Å². The highest BCUT2D eigenvalue weighted by Crippen LogP contribution is 2.23. The lowest BCUT2D eigenvalue weighted by Gasteiger charge is -2.33. The fraction of sp³-hybridized carbons (Fsp3) is 0.300. The van der Waals surface area contributed by atoms with Crippen molar-refractivity contribution in [2.75, 3.05) is 37.6 Å². The lowest BCUT2D eigenvalue weighted by atomic mass is 10.2. The molecule has 0 bridgehead atoms. The third-order valence-electron chi connectivity index (χ3n) is 4.67. The molecule has 1 fully saturated rings. The van der Waals surface area contributed by atoms with Crippen LogP contribution < -0.4 is 15.2 Å². The number of rotatable bonds is 6. The number of piperazine rings is 1. The number of quaternary nitrogens is 1. The van der Waals surface area contributed by atoms with Crippen LogP contribution in [0.25, 0.3) is 0 Å². The number of para-hydroxylation sites is 1. The minimum absolute atomic E-state index is 0.0814. The van der Waals surface area contributed by atoms with E-state index in [1.807, 2.05) is 6.07 Å². The van der Waals surface area contributed by atoms with Gasteiger partial charge in [-0.05, 0) is 51.8 Å². The molecule has 2 aromatic rings. The first-order valence-corrected chi connectivity index (χ1v) is 9.85. The van der Waals surface area contributed by atoms with Gasteiger partial charge < -0.3 is 14.9 Å². The molecule has 0 radical (unpaired) electrons. The molecule has 3 rings (SSSR count). The minimum Gasteiger partial charge on any atom is -0.507 e. The van der Waals surface area contributed by atoms with Gasteiger partial charge in [0.2, 0.25) is 5.91 Å². The largest absolute Gasteiger partial charge is 0.507 e. The van der Waals surface area contributed by atoms with Crippen LogP contribution in [-0.4, -0.2) is 50.0 Å². The summed E-state index contributed by atoms with van der Waals surface area (Å²) in [6, 6.07) is 15.5. The first-order chi connectivity index (χ1) is 13.1. The highest BCUT2D eigenvalue weighted by atomic mass is 79.9. The zero-order valence-corrected chi connectivity index (χ0v) is 16.7. The zero-order valence-electron chi connectivity index (χ0n) is 15.1. The topological polar surface area (TPSA) is 69.4 Å². The van der Waals surface area contributed by atoms with Gasteiger partial charge in [-0.15, -0.1) is 0 Å². The van der Waals surface area contributed by atoms with Crippen molar-refractivity contribution < 1.29 is 14.8 Å². The second-order valence-electron chi connectivity index (χ2n) is 6.58. The molecule has 0 unspecified atom stereocenters. The van der Waals surface area contributed by atoms with Gasteiger partial charge in [0.25, 0.3) is 0 Å². The summed E-state index contributed by atoms with van der Waals surface area (Å²) in [4.78, 5) is 15.8. The van der Waals surface area contributed by atoms with E-state index in [4.69, 9.17) is 0 Å². The number of phenols is 1. The van der Waals surface area contributed by atoms with E-state index in [1.54, 1.807) is 24.4 Å². The summed E-state index contributed by atoms with van der Waals surface area (Å²) in [5.74, 6) is 0.0913. The van der Waals surface area contributed by atoms with Crippen LogP contribution in [0.5, 0.6) is 5.75 Å². The van der Waals surface area contributed by atoms with Crippen molar-refractivity contribution in [3.8, 4) is 5.75 Å². The van der Waals surface area contributed by atoms with Crippen molar-refractivity contribution in [2.45, 2.75) is 6.42 Å². The van der Waals surface area contributed by atoms with Crippen LogP contribution in [0.2, 0.25) is 0 Å². The Hall–Kier alpha value is -2.38. The first kappa shape index (κ1) is 19.4. The molecule has 0 saturated carbocycles. The highest BCUT2D eigenvalue weighted by Gasteiger charge is 2.20. The van der Waals surface area contributed by atoms with Crippen molar-refractivity contribution >= 4 is 33.7 Å². The number of phenolic OH excluding ortho intramolecular Hbond substituents is 1. The molecule has 6 nitrogen and oxygen atoms in total. The number of carbonyl (C=O) groups is 1. The van der Waals surface area contributed by atoms with Gasteiger partial charge in [-0.2, -0.15) is 5.10 Å². The lowest BCUT2D eigenvalue weighted by Crippen LogP contribution is -3.15. The average Bonchev–Trinajstić information content (AvgIpc) is 2.70. The number of hydrazone groups is 1. The van der Waals surface area contributed by atoms with E-state index in [9.17, 15) is 9.90 Å². The number of nitrogens with zero attached hydrogens (tertiary/aromatic N) is 2. The third-order valence-corrected chi connectivity index (χ3v) is 5.31. The van der Waals surface area contributed by atoms with E-state index in [1.165, 1.54) is 10.6 Å². The maximum atomic E-state index is 12.0. The Kier molecular flexibility index (Phi) is 6.84. The van der Waals surface area contributed by atoms with Crippen molar-refractivity contribution in [2.24, 2.45) is 5.10 Å². The molecule has 1 heterocycles. The number of benzene rings is 2. The molecule has 1 aliphatic heterocycles. The maximum absolute atomic E-state index is 12.0. The molecule has 27 heavy (non-hydrogen) atoms. The van der Waals surface area contributed by atoms with Gasteiger partial charge in [0.1, 0.15) is 5.75 Å². The Morgan fingerprint density at radius 3 is 2.67 bits per heavy atom. The number of hydrogen-bond donors (Lipinski definition) is 3. The number of aromatic hydroxyl groups is 1. The Bertz CT molecular complexity index is 790. The van der Waals surface area contributed by atoms with Crippen LogP contribution in [-0.2, 0) is 4.79 Å². The predicted octanol–water partition coefficient (Wildman–Crippen LogP) is 1.40. The van der Waals surface area contributed by atoms with E-state index in [-0.39, 0.29) is 11.7 Å². The van der Waals surface area contributed by atoms with Gasteiger partial charge in [-0.25, -0.2) is 5.43 Å². The number of nitrogens with one attached hydrogen (secondary N) is 2. The van der Waals surface area contributed by atoms with E-state index < -0.39 is 0 Å². The maximum Gasteiger partial charge on any atom is 0.245 e. The minimum atomic E-state index is -0.0814. The predicted molar refractivity (Wildman–Crippen MR) is 110 cm³/mol. The van der Waals surface area contributed by atoms with Crippen molar-refractivity contribution in [3.05, 3.63) is 58.6 Å². The molecule has 0 spiro atoms. The Labute approximate surface area is 167 Å². The quantitative estimate of drug-likeness (QED) is 0.478. The highest BCUT2D eigenvalue weighted by molar-refractivity contribution is 9.10. The van der Waals surface area contributed by atoms with E-state index >= 15 is 0 Å². The Morgan fingerprint density at radius 1 is 1.22 bits per heavy atom. The molecule has 2 aromatic carbocycles. The first-order valence-electron chi connectivity index (χ1n) is 9.06.